The van der Waals surface area contributed by atoms with Gasteiger partial charge >= 0.3 is 0 Å². The van der Waals surface area contributed by atoms with Crippen LogP contribution in [-0.2, 0) is 0 Å². The van der Waals surface area contributed by atoms with Crippen molar-refractivity contribution in [2.24, 2.45) is 0 Å². The molecule has 0 saturated carbocycles. The van der Waals surface area contributed by atoms with E-state index in [4.69, 9.17) is 4.42 Å². The van der Waals surface area contributed by atoms with Gasteiger partial charge in [-0.15, -0.1) is 0 Å². The number of fused-ring (bicyclic) bond motifs is 6. The van der Waals surface area contributed by atoms with E-state index in [1.807, 2.05) is 6.07 Å². The van der Waals surface area contributed by atoms with Gasteiger partial charge in [-0.2, -0.15) is 0 Å². The zero-order chi connectivity index (χ0) is 28.3. The molecule has 8 aromatic rings. The summed E-state index contributed by atoms with van der Waals surface area (Å²) >= 11 is 0. The fourth-order valence-electron chi connectivity index (χ4n) is 7.17. The van der Waals surface area contributed by atoms with Gasteiger partial charge < -0.3 is 4.42 Å². The van der Waals surface area contributed by atoms with Gasteiger partial charge in [0, 0.05) is 10.8 Å². The first kappa shape index (κ1) is 24.2. The van der Waals surface area contributed by atoms with E-state index in [0.29, 0.717) is 0 Å². The molecule has 1 aliphatic carbocycles. The Morgan fingerprint density at radius 3 is 1.91 bits per heavy atom. The van der Waals surface area contributed by atoms with E-state index in [9.17, 15) is 0 Å². The minimum Gasteiger partial charge on any atom is -0.456 e. The highest BCUT2D eigenvalue weighted by Crippen LogP contribution is 2.39. The predicted octanol–water partition coefficient (Wildman–Crippen LogP) is 10.2. The lowest BCUT2D eigenvalue weighted by Gasteiger charge is -2.18. The molecule has 1 aromatic heterocycles. The monoisotopic (exact) mass is 548 g/mol. The average Bonchev–Trinajstić information content (AvgIpc) is 3.46. The third kappa shape index (κ3) is 3.78. The van der Waals surface area contributed by atoms with Crippen LogP contribution in [0.25, 0.3) is 89.0 Å². The highest BCUT2D eigenvalue weighted by atomic mass is 16.3. The molecule has 0 atom stereocenters. The Hall–Kier alpha value is -5.40. The lowest BCUT2D eigenvalue weighted by molar-refractivity contribution is 0.669. The third-order valence-electron chi connectivity index (χ3n) is 9.06. The quantitative estimate of drug-likeness (QED) is 0.214. The Balaban J connectivity index is 1.34. The Labute approximate surface area is 249 Å². The normalized spacial score (nSPS) is 12.8. The summed E-state index contributed by atoms with van der Waals surface area (Å²) < 4.78 is 6.33. The van der Waals surface area contributed by atoms with Crippen LogP contribution in [0.2, 0.25) is 0 Å². The third-order valence-corrected chi connectivity index (χ3v) is 9.06. The van der Waals surface area contributed by atoms with E-state index in [1.54, 1.807) is 0 Å². The van der Waals surface area contributed by atoms with Crippen LogP contribution in [0.4, 0.5) is 0 Å². The Morgan fingerprint density at radius 1 is 0.419 bits per heavy atom. The molecule has 0 saturated heterocycles. The molecule has 0 aliphatic heterocycles. The number of benzene rings is 7. The van der Waals surface area contributed by atoms with E-state index < -0.39 is 0 Å². The van der Waals surface area contributed by atoms with Gasteiger partial charge in [0.2, 0.25) is 0 Å². The fourth-order valence-corrected chi connectivity index (χ4v) is 7.17. The van der Waals surface area contributed by atoms with Crippen LogP contribution in [0.3, 0.4) is 0 Å². The second-order valence-electron chi connectivity index (χ2n) is 11.5. The van der Waals surface area contributed by atoms with Crippen LogP contribution in [0.5, 0.6) is 0 Å². The summed E-state index contributed by atoms with van der Waals surface area (Å²) in [7, 11) is 0. The first-order valence-electron chi connectivity index (χ1n) is 15.1. The van der Waals surface area contributed by atoms with Gasteiger partial charge in [-0.05, 0) is 102 Å². The lowest BCUT2D eigenvalue weighted by atomic mass is 9.84. The zero-order valence-corrected chi connectivity index (χ0v) is 23.7. The minimum atomic E-state index is 0.931. The molecule has 0 N–H and O–H groups in total. The largest absolute Gasteiger partial charge is 0.456 e. The van der Waals surface area contributed by atoms with Crippen molar-refractivity contribution in [3.8, 4) is 33.4 Å². The van der Waals surface area contributed by atoms with Crippen molar-refractivity contribution in [2.75, 3.05) is 0 Å². The van der Waals surface area contributed by atoms with Crippen molar-refractivity contribution in [2.45, 2.75) is 12.8 Å². The molecule has 1 nitrogen and oxygen atoms in total. The summed E-state index contributed by atoms with van der Waals surface area (Å²) in [6.45, 7) is 0. The van der Waals surface area contributed by atoms with Crippen molar-refractivity contribution < 1.29 is 4.42 Å². The second kappa shape index (κ2) is 9.58. The first-order valence-corrected chi connectivity index (χ1v) is 15.1. The number of hydrogen-bond acceptors (Lipinski definition) is 1. The topological polar surface area (TPSA) is 13.1 Å². The van der Waals surface area contributed by atoms with Gasteiger partial charge in [0.05, 0.1) is 0 Å². The zero-order valence-electron chi connectivity index (χ0n) is 23.7. The summed E-state index contributed by atoms with van der Waals surface area (Å²) in [4.78, 5) is 0. The van der Waals surface area contributed by atoms with Gasteiger partial charge in [-0.1, -0.05) is 121 Å². The summed E-state index contributed by atoms with van der Waals surface area (Å²) in [5.74, 6) is 0. The molecule has 1 aliphatic rings. The molecule has 202 valence electrons. The van der Waals surface area contributed by atoms with Crippen LogP contribution < -0.4 is 10.4 Å². The summed E-state index contributed by atoms with van der Waals surface area (Å²) in [6.07, 6.45) is 6.99. The molecular formula is C42H28O. The molecular weight excluding hydrogens is 520 g/mol. The van der Waals surface area contributed by atoms with Crippen molar-refractivity contribution in [1.82, 2.24) is 0 Å². The van der Waals surface area contributed by atoms with Gasteiger partial charge in [-0.3, -0.25) is 0 Å². The van der Waals surface area contributed by atoms with Gasteiger partial charge in [0.1, 0.15) is 11.2 Å². The smallest absolute Gasteiger partial charge is 0.136 e. The highest BCUT2D eigenvalue weighted by molar-refractivity contribution is 6.16. The maximum absolute atomic E-state index is 6.33. The second-order valence-corrected chi connectivity index (χ2v) is 11.5. The van der Waals surface area contributed by atoms with E-state index in [1.165, 1.54) is 70.7 Å². The van der Waals surface area contributed by atoms with Crippen LogP contribution in [0.1, 0.15) is 12.8 Å². The highest BCUT2D eigenvalue weighted by Gasteiger charge is 2.19. The molecule has 0 unspecified atom stereocenters. The number of rotatable bonds is 3. The van der Waals surface area contributed by atoms with Crippen LogP contribution in [-0.4, -0.2) is 0 Å². The van der Waals surface area contributed by atoms with E-state index in [-0.39, 0.29) is 0 Å². The molecule has 0 fully saturated rings. The van der Waals surface area contributed by atoms with Crippen LogP contribution in [0, 0.1) is 0 Å². The predicted molar refractivity (Wildman–Crippen MR) is 182 cm³/mol. The molecule has 9 rings (SSSR count). The molecule has 1 heteroatoms. The van der Waals surface area contributed by atoms with Gasteiger partial charge in [0.15, 0.2) is 0 Å². The molecule has 7 aromatic carbocycles. The molecule has 0 radical (unpaired) electrons. The van der Waals surface area contributed by atoms with Crippen LogP contribution in [0.15, 0.2) is 138 Å². The first-order chi connectivity index (χ1) is 21.3. The Morgan fingerprint density at radius 2 is 1.05 bits per heavy atom. The van der Waals surface area contributed by atoms with Crippen molar-refractivity contribution in [3.63, 3.8) is 0 Å². The molecule has 0 amide bonds. The fraction of sp³-hybridized carbons (Fsp3) is 0.0476. The SMILES string of the molecule is C1=c2c(-c3cccc(-c4ccc5ccccc5c4)c3)c3ccccc3c(-c3cccc4oc5ccccc5c34)c2=CCC1. The Bertz CT molecular complexity index is 2510. The molecule has 1 heterocycles. The summed E-state index contributed by atoms with van der Waals surface area (Å²) in [5, 5.41) is 10.1. The number of furan rings is 1. The van der Waals surface area contributed by atoms with E-state index >= 15 is 0 Å². The molecule has 43 heavy (non-hydrogen) atoms. The molecule has 0 spiro atoms. The Kier molecular flexibility index (Phi) is 5.39. The standard InChI is InChI=1S/C42H28O/c1-2-12-28-25-30(24-23-27(28)11-1)29-13-9-14-31(26-29)40-32-15-3-5-17-34(32)41(35-18-6-4-16-33(35)40)37-20-10-22-39-42(37)36-19-7-8-21-38(36)43-39/h1-3,5,7-26H,4,6H2. The lowest BCUT2D eigenvalue weighted by Crippen LogP contribution is -2.31. The van der Waals surface area contributed by atoms with Crippen molar-refractivity contribution in [3.05, 3.63) is 144 Å². The molecule has 0 bridgehead atoms. The van der Waals surface area contributed by atoms with Crippen LogP contribution >= 0.6 is 0 Å². The van der Waals surface area contributed by atoms with E-state index in [0.717, 1.165) is 29.4 Å². The maximum atomic E-state index is 6.33. The van der Waals surface area contributed by atoms with Gasteiger partial charge in [-0.25, -0.2) is 0 Å². The van der Waals surface area contributed by atoms with Crippen molar-refractivity contribution in [1.29, 1.82) is 0 Å². The average molecular weight is 549 g/mol. The maximum Gasteiger partial charge on any atom is 0.136 e. The van der Waals surface area contributed by atoms with Gasteiger partial charge in [0.25, 0.3) is 0 Å². The summed E-state index contributed by atoms with van der Waals surface area (Å²) in [5.41, 5.74) is 9.44. The number of hydrogen-bond donors (Lipinski definition) is 0. The van der Waals surface area contributed by atoms with Crippen molar-refractivity contribution >= 4 is 55.6 Å². The number of para-hydroxylation sites is 1. The minimum absolute atomic E-state index is 0.931. The van der Waals surface area contributed by atoms with E-state index in [2.05, 4.69) is 140 Å². The summed E-state index contributed by atoms with van der Waals surface area (Å²) in [6, 6.07) is 48.3.